The Hall–Kier alpha value is -5.94. The molecular weight excluding hydrogens is 639 g/mol. The molecule has 0 atom stereocenters. The first kappa shape index (κ1) is 26.8. The molecule has 5 heteroatoms. The summed E-state index contributed by atoms with van der Waals surface area (Å²) in [7, 11) is 0. The molecule has 0 spiro atoms. The van der Waals surface area contributed by atoms with E-state index in [0.29, 0.717) is 39.6 Å². The van der Waals surface area contributed by atoms with Crippen molar-refractivity contribution in [1.82, 2.24) is 14.4 Å². The van der Waals surface area contributed by atoms with Gasteiger partial charge in [0, 0.05) is 25.4 Å². The van der Waals surface area contributed by atoms with E-state index in [1.165, 1.54) is 18.2 Å². The zero-order valence-corrected chi connectivity index (χ0v) is 29.8. The van der Waals surface area contributed by atoms with Crippen LogP contribution in [0.4, 0.5) is 0 Å². The summed E-state index contributed by atoms with van der Waals surface area (Å²) >= 11 is 0. The minimum atomic E-state index is -2.54. The number of oxazole rings is 1. The Morgan fingerprint density at radius 2 is 1.42 bits per heavy atom. The van der Waals surface area contributed by atoms with Crippen molar-refractivity contribution >= 4 is 16.8 Å². The average Bonchev–Trinajstić information content (AvgIpc) is 3.74. The lowest BCUT2D eigenvalue weighted by molar-refractivity contribution is 0.472. The molecule has 52 heavy (non-hydrogen) atoms. The lowest BCUT2D eigenvalue weighted by atomic mass is 9.81. The van der Waals surface area contributed by atoms with E-state index in [1.54, 1.807) is 24.4 Å². The summed E-state index contributed by atoms with van der Waals surface area (Å²) in [5.41, 5.74) is 8.13. The maximum absolute atomic E-state index is 11.5. The highest BCUT2D eigenvalue weighted by molar-refractivity contribution is 5.87. The van der Waals surface area contributed by atoms with Crippen molar-refractivity contribution in [1.29, 1.82) is 0 Å². The number of aromatic nitrogens is 3. The largest absolute Gasteiger partial charge is 0.507 e. The molecule has 8 aromatic rings. The second-order valence-electron chi connectivity index (χ2n) is 14.9. The van der Waals surface area contributed by atoms with Crippen LogP contribution in [-0.2, 0) is 10.8 Å². The van der Waals surface area contributed by atoms with Gasteiger partial charge in [0.05, 0.1) is 16.8 Å². The second-order valence-corrected chi connectivity index (χ2v) is 14.9. The molecule has 5 nitrogen and oxygen atoms in total. The van der Waals surface area contributed by atoms with Crippen LogP contribution in [0.15, 0.2) is 132 Å². The first-order valence-electron chi connectivity index (χ1n) is 20.4. The maximum Gasteiger partial charge on any atom is 0.229 e. The van der Waals surface area contributed by atoms with Crippen LogP contribution in [0.1, 0.15) is 70.8 Å². The third kappa shape index (κ3) is 5.67. The number of pyridine rings is 1. The van der Waals surface area contributed by atoms with E-state index in [9.17, 15) is 5.11 Å². The number of benzene rings is 5. The van der Waals surface area contributed by atoms with Gasteiger partial charge in [-0.2, -0.15) is 0 Å². The maximum atomic E-state index is 11.5. The van der Waals surface area contributed by atoms with Crippen molar-refractivity contribution in [2.75, 3.05) is 0 Å². The topological polar surface area (TPSA) is 63.6 Å². The molecular formula is C47H43N3O2. The minimum absolute atomic E-state index is 0.0337. The number of phenols is 1. The smallest absolute Gasteiger partial charge is 0.229 e. The molecule has 0 amide bonds. The van der Waals surface area contributed by atoms with Gasteiger partial charge >= 0.3 is 0 Å². The van der Waals surface area contributed by atoms with E-state index in [1.807, 2.05) is 71.1 Å². The Kier molecular flexibility index (Phi) is 6.38. The zero-order chi connectivity index (χ0) is 41.4. The highest BCUT2D eigenvalue weighted by Crippen LogP contribution is 2.43. The van der Waals surface area contributed by atoms with Crippen LogP contribution in [0, 0.1) is 13.7 Å². The Morgan fingerprint density at radius 3 is 2.15 bits per heavy atom. The predicted molar refractivity (Wildman–Crippen MR) is 213 cm³/mol. The fourth-order valence-corrected chi connectivity index (χ4v) is 7.00. The third-order valence-corrected chi connectivity index (χ3v) is 10.0. The molecule has 0 aliphatic rings. The molecule has 0 saturated carbocycles. The molecule has 258 valence electrons. The van der Waals surface area contributed by atoms with E-state index in [0.717, 1.165) is 33.3 Å². The minimum Gasteiger partial charge on any atom is -0.507 e. The van der Waals surface area contributed by atoms with Crippen LogP contribution in [-0.4, -0.2) is 19.5 Å². The third-order valence-electron chi connectivity index (χ3n) is 10.0. The quantitative estimate of drug-likeness (QED) is 0.189. The number of aryl methyl sites for hydroxylation is 2. The summed E-state index contributed by atoms with van der Waals surface area (Å²) < 4.78 is 58.0. The van der Waals surface area contributed by atoms with Crippen molar-refractivity contribution in [2.45, 2.75) is 59.2 Å². The van der Waals surface area contributed by atoms with Gasteiger partial charge in [-0.3, -0.25) is 9.38 Å². The normalized spacial score (nSPS) is 14.4. The molecule has 0 bridgehead atoms. The summed E-state index contributed by atoms with van der Waals surface area (Å²) in [5, 5.41) is 11.5. The molecule has 0 fully saturated rings. The molecule has 0 aliphatic carbocycles. The second kappa shape index (κ2) is 12.4. The number of fused-ring (bicyclic) bond motifs is 3. The van der Waals surface area contributed by atoms with Crippen LogP contribution in [0.3, 0.4) is 0 Å². The van der Waals surface area contributed by atoms with Gasteiger partial charge in [-0.15, -0.1) is 0 Å². The summed E-state index contributed by atoms with van der Waals surface area (Å²) in [6, 6.07) is 37.6. The molecule has 0 unspecified atom stereocenters. The number of hydrogen-bond donors (Lipinski definition) is 1. The number of imidazole rings is 1. The summed E-state index contributed by atoms with van der Waals surface area (Å²) in [6.45, 7) is 5.38. The lowest BCUT2D eigenvalue weighted by Crippen LogP contribution is -2.20. The summed E-state index contributed by atoms with van der Waals surface area (Å²) in [4.78, 5) is 9.92. The molecule has 0 saturated heterocycles. The van der Waals surface area contributed by atoms with Gasteiger partial charge in [-0.05, 0) is 120 Å². The number of phenolic OH excluding ortho intramolecular Hbond substituents is 1. The monoisotopic (exact) mass is 687 g/mol. The van der Waals surface area contributed by atoms with E-state index in [2.05, 4.69) is 57.8 Å². The van der Waals surface area contributed by atoms with Crippen LogP contribution in [0.2, 0.25) is 0 Å². The van der Waals surface area contributed by atoms with E-state index in [-0.39, 0.29) is 27.9 Å². The predicted octanol–water partition coefficient (Wildman–Crippen LogP) is 12.1. The van der Waals surface area contributed by atoms with Crippen LogP contribution >= 0.6 is 0 Å². The highest BCUT2D eigenvalue weighted by atomic mass is 16.3. The van der Waals surface area contributed by atoms with E-state index >= 15 is 0 Å². The zero-order valence-electron chi connectivity index (χ0n) is 35.8. The Balaban J connectivity index is 1.28. The Bertz CT molecular complexity index is 2810. The fraction of sp³-hybridized carbons (Fsp3) is 0.191. The van der Waals surface area contributed by atoms with Gasteiger partial charge in [0.25, 0.3) is 0 Å². The fourth-order valence-electron chi connectivity index (χ4n) is 7.00. The standard InChI is InChI=1S/C47H43N3O2/c1-29-13-11-14-30(2)42(29)34-23-24-48-38(26-34)33-17-12-18-36(25-33)47(6,7)43-45-50(44(49-43)37-21-20-35(28-40(37)51)46(3,4)5)39-22-19-32(27-41(39)52-45)31-15-9-8-10-16-31/h8-28,51H,1-7H3/i1D3,2D3. The molecule has 3 heterocycles. The lowest BCUT2D eigenvalue weighted by Gasteiger charge is -2.23. The molecule has 1 N–H and O–H groups in total. The van der Waals surface area contributed by atoms with Gasteiger partial charge in [0.1, 0.15) is 11.4 Å². The van der Waals surface area contributed by atoms with Gasteiger partial charge in [0.15, 0.2) is 11.4 Å². The molecule has 0 aliphatic heterocycles. The van der Waals surface area contributed by atoms with Gasteiger partial charge in [-0.1, -0.05) is 99.6 Å². The molecule has 0 radical (unpaired) electrons. The number of hydrogen-bond acceptors (Lipinski definition) is 4. The van der Waals surface area contributed by atoms with E-state index < -0.39 is 19.1 Å². The SMILES string of the molecule is [2H]C([2H])([2H])c1cccc(C([2H])([2H])[2H])c1-c1ccnc(-c2cccc(C(C)(C)c3nc(-c4ccc(C(C)(C)C)cc4O)n4c3oc3cc(-c5ccccc5)ccc34)c2)c1. The number of rotatable bonds is 6. The molecule has 8 rings (SSSR count). The molecule has 3 aromatic heterocycles. The Morgan fingerprint density at radius 1 is 0.673 bits per heavy atom. The van der Waals surface area contributed by atoms with Crippen molar-refractivity contribution in [3.8, 4) is 50.6 Å². The first-order valence-corrected chi connectivity index (χ1v) is 17.4. The summed E-state index contributed by atoms with van der Waals surface area (Å²) in [6.07, 6.45) is 1.57. The van der Waals surface area contributed by atoms with E-state index in [4.69, 9.17) is 17.6 Å². The van der Waals surface area contributed by atoms with Crippen LogP contribution < -0.4 is 0 Å². The number of aromatic hydroxyl groups is 1. The van der Waals surface area contributed by atoms with Crippen LogP contribution in [0.5, 0.6) is 5.75 Å². The van der Waals surface area contributed by atoms with Crippen LogP contribution in [0.25, 0.3) is 61.7 Å². The van der Waals surface area contributed by atoms with Crippen molar-refractivity contribution in [3.63, 3.8) is 0 Å². The number of nitrogens with zero attached hydrogens (tertiary/aromatic N) is 3. The van der Waals surface area contributed by atoms with Crippen molar-refractivity contribution < 1.29 is 17.7 Å². The first-order chi connectivity index (χ1) is 27.3. The average molecular weight is 688 g/mol. The van der Waals surface area contributed by atoms with Crippen molar-refractivity contribution in [2.24, 2.45) is 0 Å². The van der Waals surface area contributed by atoms with Gasteiger partial charge in [-0.25, -0.2) is 4.98 Å². The Labute approximate surface area is 313 Å². The summed E-state index contributed by atoms with van der Waals surface area (Å²) in [5.74, 6) is 0.666. The molecule has 5 aromatic carbocycles. The highest BCUT2D eigenvalue weighted by Gasteiger charge is 2.34. The van der Waals surface area contributed by atoms with Gasteiger partial charge in [0.2, 0.25) is 5.71 Å². The van der Waals surface area contributed by atoms with Gasteiger partial charge < -0.3 is 9.52 Å². The van der Waals surface area contributed by atoms with Crippen molar-refractivity contribution in [3.05, 3.63) is 155 Å².